The van der Waals surface area contributed by atoms with Crippen molar-refractivity contribution in [3.63, 3.8) is 0 Å². The fraction of sp³-hybridized carbons (Fsp3) is 0.467. The molecule has 0 aliphatic carbocycles. The topological polar surface area (TPSA) is 82.7 Å². The molecule has 134 valence electrons. The SMILES string of the molecule is COCCNCCNC(=O)c1cc(N2CCNC2=O)ccc1F.Cl. The van der Waals surface area contributed by atoms with Crippen LogP contribution in [0.1, 0.15) is 10.4 Å². The molecule has 1 aliphatic rings. The molecule has 0 bridgehead atoms. The highest BCUT2D eigenvalue weighted by atomic mass is 35.5. The molecule has 1 heterocycles. The summed E-state index contributed by atoms with van der Waals surface area (Å²) in [4.78, 5) is 25.2. The molecule has 7 nitrogen and oxygen atoms in total. The number of carbonyl (C=O) groups is 2. The number of amides is 3. The second-order valence-electron chi connectivity index (χ2n) is 5.05. The summed E-state index contributed by atoms with van der Waals surface area (Å²) in [5, 5.41) is 8.38. The Bertz CT molecular complexity index is 574. The Hall–Kier alpha value is -1.90. The highest BCUT2D eigenvalue weighted by Gasteiger charge is 2.23. The van der Waals surface area contributed by atoms with Gasteiger partial charge in [-0.05, 0) is 18.2 Å². The van der Waals surface area contributed by atoms with Crippen molar-refractivity contribution in [1.29, 1.82) is 0 Å². The molecule has 1 saturated heterocycles. The zero-order chi connectivity index (χ0) is 16.7. The molecule has 0 atom stereocenters. The Morgan fingerprint density at radius 1 is 1.38 bits per heavy atom. The van der Waals surface area contributed by atoms with E-state index in [4.69, 9.17) is 4.74 Å². The summed E-state index contributed by atoms with van der Waals surface area (Å²) in [6, 6.07) is 3.84. The maximum atomic E-state index is 13.9. The molecule has 0 unspecified atom stereocenters. The third-order valence-corrected chi connectivity index (χ3v) is 3.43. The Kier molecular flexibility index (Phi) is 8.45. The van der Waals surface area contributed by atoms with E-state index in [1.54, 1.807) is 7.11 Å². The van der Waals surface area contributed by atoms with Gasteiger partial charge >= 0.3 is 6.03 Å². The van der Waals surface area contributed by atoms with Gasteiger partial charge in [-0.25, -0.2) is 9.18 Å². The molecule has 1 aromatic carbocycles. The Morgan fingerprint density at radius 2 is 2.17 bits per heavy atom. The van der Waals surface area contributed by atoms with E-state index in [1.165, 1.54) is 23.1 Å². The fourth-order valence-electron chi connectivity index (χ4n) is 2.23. The van der Waals surface area contributed by atoms with Crippen molar-refractivity contribution in [2.45, 2.75) is 0 Å². The summed E-state index contributed by atoms with van der Waals surface area (Å²) in [6.45, 7) is 3.23. The average molecular weight is 361 g/mol. The van der Waals surface area contributed by atoms with Crippen molar-refractivity contribution < 1.29 is 18.7 Å². The van der Waals surface area contributed by atoms with Gasteiger partial charge in [0.1, 0.15) is 5.82 Å². The summed E-state index contributed by atoms with van der Waals surface area (Å²) in [6.07, 6.45) is 0. The number of urea groups is 1. The number of hydrogen-bond acceptors (Lipinski definition) is 4. The van der Waals surface area contributed by atoms with Crippen LogP contribution in [0.4, 0.5) is 14.9 Å². The number of ether oxygens (including phenoxy) is 1. The van der Waals surface area contributed by atoms with E-state index in [-0.39, 0.29) is 24.0 Å². The van der Waals surface area contributed by atoms with Crippen LogP contribution in [0.15, 0.2) is 18.2 Å². The van der Waals surface area contributed by atoms with E-state index >= 15 is 0 Å². The molecule has 1 fully saturated rings. The number of hydrogen-bond donors (Lipinski definition) is 3. The van der Waals surface area contributed by atoms with Gasteiger partial charge in [0.15, 0.2) is 0 Å². The molecular formula is C15H22ClFN4O3. The largest absolute Gasteiger partial charge is 0.383 e. The lowest BCUT2D eigenvalue weighted by Crippen LogP contribution is -2.33. The van der Waals surface area contributed by atoms with E-state index in [0.29, 0.717) is 45.0 Å². The van der Waals surface area contributed by atoms with Crippen LogP contribution in [0, 0.1) is 5.82 Å². The predicted molar refractivity (Wildman–Crippen MR) is 91.5 cm³/mol. The molecule has 0 spiro atoms. The number of anilines is 1. The number of nitrogens with zero attached hydrogens (tertiary/aromatic N) is 1. The number of halogens is 2. The van der Waals surface area contributed by atoms with E-state index in [1.807, 2.05) is 0 Å². The van der Waals surface area contributed by atoms with E-state index in [2.05, 4.69) is 16.0 Å². The van der Waals surface area contributed by atoms with Crippen LogP contribution >= 0.6 is 12.4 Å². The number of nitrogens with one attached hydrogen (secondary N) is 3. The van der Waals surface area contributed by atoms with E-state index in [9.17, 15) is 14.0 Å². The van der Waals surface area contributed by atoms with Crippen molar-refractivity contribution in [3.05, 3.63) is 29.6 Å². The number of carbonyl (C=O) groups excluding carboxylic acids is 2. The second kappa shape index (κ2) is 10.1. The van der Waals surface area contributed by atoms with Crippen molar-refractivity contribution in [2.75, 3.05) is 51.3 Å². The lowest BCUT2D eigenvalue weighted by Gasteiger charge is -2.15. The van der Waals surface area contributed by atoms with Crippen LogP contribution in [0.3, 0.4) is 0 Å². The summed E-state index contributed by atoms with van der Waals surface area (Å²) in [7, 11) is 1.61. The number of benzene rings is 1. The van der Waals surface area contributed by atoms with Gasteiger partial charge in [-0.3, -0.25) is 9.69 Å². The standard InChI is InChI=1S/C15H21FN4O3.ClH/c1-23-9-7-17-4-5-18-14(21)12-10-11(2-3-13(12)16)20-8-6-19-15(20)22;/h2-3,10,17H,4-9H2,1H3,(H,18,21)(H,19,22);1H. The van der Waals surface area contributed by atoms with Gasteiger partial charge in [-0.15, -0.1) is 12.4 Å². The zero-order valence-corrected chi connectivity index (χ0v) is 14.2. The Labute approximate surface area is 146 Å². The minimum absolute atomic E-state index is 0. The van der Waals surface area contributed by atoms with Crippen LogP contribution in [0.2, 0.25) is 0 Å². The van der Waals surface area contributed by atoms with Gasteiger partial charge in [0.25, 0.3) is 5.91 Å². The molecule has 3 amide bonds. The lowest BCUT2D eigenvalue weighted by atomic mass is 10.1. The summed E-state index contributed by atoms with van der Waals surface area (Å²) >= 11 is 0. The summed E-state index contributed by atoms with van der Waals surface area (Å²) in [5.74, 6) is -1.12. The minimum atomic E-state index is -0.613. The molecule has 1 aromatic rings. The quantitative estimate of drug-likeness (QED) is 0.597. The minimum Gasteiger partial charge on any atom is -0.383 e. The molecule has 1 aliphatic heterocycles. The Morgan fingerprint density at radius 3 is 2.83 bits per heavy atom. The van der Waals surface area contributed by atoms with Crippen LogP contribution in [0.5, 0.6) is 0 Å². The van der Waals surface area contributed by atoms with E-state index < -0.39 is 11.7 Å². The first-order valence-corrected chi connectivity index (χ1v) is 7.46. The highest BCUT2D eigenvalue weighted by molar-refractivity contribution is 5.98. The third kappa shape index (κ3) is 5.33. The maximum absolute atomic E-state index is 13.9. The molecule has 0 radical (unpaired) electrons. The highest BCUT2D eigenvalue weighted by Crippen LogP contribution is 2.20. The first-order valence-electron chi connectivity index (χ1n) is 7.46. The molecular weight excluding hydrogens is 339 g/mol. The maximum Gasteiger partial charge on any atom is 0.321 e. The second-order valence-corrected chi connectivity index (χ2v) is 5.05. The molecule has 3 N–H and O–H groups in total. The molecule has 2 rings (SSSR count). The molecule has 24 heavy (non-hydrogen) atoms. The van der Waals surface area contributed by atoms with Gasteiger partial charge in [-0.2, -0.15) is 0 Å². The number of rotatable bonds is 8. The van der Waals surface area contributed by atoms with Crippen molar-refractivity contribution in [2.24, 2.45) is 0 Å². The van der Waals surface area contributed by atoms with Crippen molar-refractivity contribution >= 4 is 30.0 Å². The fourth-order valence-corrected chi connectivity index (χ4v) is 2.23. The van der Waals surface area contributed by atoms with Crippen LogP contribution in [0.25, 0.3) is 0 Å². The summed E-state index contributed by atoms with van der Waals surface area (Å²) < 4.78 is 18.8. The van der Waals surface area contributed by atoms with Crippen LogP contribution in [-0.2, 0) is 4.74 Å². The van der Waals surface area contributed by atoms with E-state index in [0.717, 1.165) is 0 Å². The molecule has 0 saturated carbocycles. The number of methoxy groups -OCH3 is 1. The van der Waals surface area contributed by atoms with Crippen LogP contribution in [-0.4, -0.2) is 58.4 Å². The van der Waals surface area contributed by atoms with Gasteiger partial charge < -0.3 is 20.7 Å². The predicted octanol–water partition coefficient (Wildman–Crippen LogP) is 0.743. The third-order valence-electron chi connectivity index (χ3n) is 3.43. The van der Waals surface area contributed by atoms with Crippen LogP contribution < -0.4 is 20.9 Å². The smallest absolute Gasteiger partial charge is 0.321 e. The zero-order valence-electron chi connectivity index (χ0n) is 13.4. The first-order chi connectivity index (χ1) is 11.1. The summed E-state index contributed by atoms with van der Waals surface area (Å²) in [5.41, 5.74) is 0.434. The average Bonchev–Trinajstić information content (AvgIpc) is 2.97. The lowest BCUT2D eigenvalue weighted by molar-refractivity contribution is 0.0949. The normalized spacial score (nSPS) is 13.4. The monoisotopic (exact) mass is 360 g/mol. The van der Waals surface area contributed by atoms with Gasteiger partial charge in [0.2, 0.25) is 0 Å². The van der Waals surface area contributed by atoms with Crippen molar-refractivity contribution in [3.8, 4) is 0 Å². The first kappa shape index (κ1) is 20.1. The van der Waals surface area contributed by atoms with Gasteiger partial charge in [0.05, 0.1) is 12.2 Å². The van der Waals surface area contributed by atoms with Gasteiger partial charge in [-0.1, -0.05) is 0 Å². The van der Waals surface area contributed by atoms with Crippen molar-refractivity contribution in [1.82, 2.24) is 16.0 Å². The Balaban J connectivity index is 0.00000288. The molecule has 9 heteroatoms. The van der Waals surface area contributed by atoms with Gasteiger partial charge in [0, 0.05) is 45.5 Å². The molecule has 0 aromatic heterocycles.